The summed E-state index contributed by atoms with van der Waals surface area (Å²) in [5, 5.41) is 15.9. The fourth-order valence-electron chi connectivity index (χ4n) is 3.69. The Kier molecular flexibility index (Phi) is 6.39. The van der Waals surface area contributed by atoms with Gasteiger partial charge in [-0.15, -0.1) is 11.3 Å². The Bertz CT molecular complexity index is 933. The molecule has 1 aliphatic heterocycles. The van der Waals surface area contributed by atoms with Crippen molar-refractivity contribution in [2.75, 3.05) is 38.1 Å². The smallest absolute Gasteiger partial charge is 0.319 e. The number of fused-ring (bicyclic) bond motifs is 1. The maximum atomic E-state index is 12.3. The van der Waals surface area contributed by atoms with Crippen LogP contribution in [0.1, 0.15) is 12.8 Å². The Balaban J connectivity index is 1.31. The fraction of sp³-hybridized carbons (Fsp3) is 0.364. The van der Waals surface area contributed by atoms with Crippen LogP contribution in [0.5, 0.6) is 0 Å². The molecule has 0 unspecified atom stereocenters. The number of piperidine rings is 1. The van der Waals surface area contributed by atoms with Crippen LogP contribution in [0.25, 0.3) is 20.8 Å². The second kappa shape index (κ2) is 9.35. The first-order valence-electron chi connectivity index (χ1n) is 10.1. The highest BCUT2D eigenvalue weighted by Crippen LogP contribution is 2.31. The number of hydrogen-bond acceptors (Lipinski definition) is 5. The number of thiazole rings is 1. The minimum absolute atomic E-state index is 0.177. The third kappa shape index (κ3) is 5.12. The zero-order valence-electron chi connectivity index (χ0n) is 16.3. The largest absolute Gasteiger partial charge is 0.395 e. The number of amides is 2. The number of urea groups is 1. The number of aliphatic hydroxyl groups excluding tert-OH is 1. The Morgan fingerprint density at radius 3 is 2.79 bits per heavy atom. The van der Waals surface area contributed by atoms with Gasteiger partial charge in [-0.25, -0.2) is 9.78 Å². The van der Waals surface area contributed by atoms with E-state index in [1.54, 1.807) is 11.3 Å². The number of rotatable bonds is 6. The molecule has 3 aromatic rings. The number of benzene rings is 2. The molecule has 2 aromatic carbocycles. The van der Waals surface area contributed by atoms with E-state index in [1.807, 2.05) is 42.5 Å². The average Bonchev–Trinajstić information content (AvgIpc) is 3.18. The molecular formula is C22H26N4O2S. The summed E-state index contributed by atoms with van der Waals surface area (Å²) in [5.74, 6) is 0.491. The molecule has 0 atom stereocenters. The van der Waals surface area contributed by atoms with E-state index in [9.17, 15) is 4.79 Å². The van der Waals surface area contributed by atoms with Gasteiger partial charge in [-0.3, -0.25) is 0 Å². The van der Waals surface area contributed by atoms with Gasteiger partial charge >= 0.3 is 6.03 Å². The monoisotopic (exact) mass is 410 g/mol. The van der Waals surface area contributed by atoms with Crippen LogP contribution in [0.3, 0.4) is 0 Å². The van der Waals surface area contributed by atoms with Crippen LogP contribution in [0.2, 0.25) is 0 Å². The zero-order valence-corrected chi connectivity index (χ0v) is 17.1. The topological polar surface area (TPSA) is 77.5 Å². The van der Waals surface area contributed by atoms with E-state index >= 15 is 0 Å². The molecule has 0 saturated carbocycles. The second-order valence-corrected chi connectivity index (χ2v) is 8.44. The summed E-state index contributed by atoms with van der Waals surface area (Å²) in [6.07, 6.45) is 2.10. The number of aromatic nitrogens is 1. The van der Waals surface area contributed by atoms with Gasteiger partial charge in [-0.2, -0.15) is 0 Å². The number of aliphatic hydroxyl groups is 1. The van der Waals surface area contributed by atoms with Gasteiger partial charge in [0.25, 0.3) is 0 Å². The van der Waals surface area contributed by atoms with Crippen molar-refractivity contribution in [3.63, 3.8) is 0 Å². The first-order chi connectivity index (χ1) is 14.2. The van der Waals surface area contributed by atoms with Crippen molar-refractivity contribution in [1.82, 2.24) is 15.2 Å². The Morgan fingerprint density at radius 2 is 2.00 bits per heavy atom. The molecule has 6 nitrogen and oxygen atoms in total. The van der Waals surface area contributed by atoms with Crippen molar-refractivity contribution in [2.45, 2.75) is 12.8 Å². The highest BCUT2D eigenvalue weighted by atomic mass is 32.1. The first kappa shape index (κ1) is 19.8. The molecule has 0 bridgehead atoms. The van der Waals surface area contributed by atoms with Crippen LogP contribution in [0.4, 0.5) is 10.5 Å². The molecule has 1 saturated heterocycles. The van der Waals surface area contributed by atoms with Gasteiger partial charge in [0, 0.05) is 24.3 Å². The van der Waals surface area contributed by atoms with Gasteiger partial charge < -0.3 is 20.6 Å². The molecule has 3 N–H and O–H groups in total. The van der Waals surface area contributed by atoms with E-state index in [4.69, 9.17) is 10.1 Å². The number of hydrogen-bond donors (Lipinski definition) is 3. The summed E-state index contributed by atoms with van der Waals surface area (Å²) in [4.78, 5) is 19.3. The van der Waals surface area contributed by atoms with Crippen molar-refractivity contribution in [3.8, 4) is 10.6 Å². The number of nitrogens with zero attached hydrogens (tertiary/aromatic N) is 2. The molecule has 1 aromatic heterocycles. The van der Waals surface area contributed by atoms with Crippen LogP contribution < -0.4 is 10.6 Å². The number of β-amino-alcohol motifs (C(OH)–C–C–N with tert-alkyl or cyclic N) is 1. The van der Waals surface area contributed by atoms with E-state index in [1.165, 1.54) is 0 Å². The molecule has 2 amide bonds. The van der Waals surface area contributed by atoms with Crippen LogP contribution in [0, 0.1) is 5.92 Å². The summed E-state index contributed by atoms with van der Waals surface area (Å²) in [6, 6.07) is 15.7. The zero-order chi connectivity index (χ0) is 20.1. The summed E-state index contributed by atoms with van der Waals surface area (Å²) >= 11 is 1.65. The molecule has 7 heteroatoms. The van der Waals surface area contributed by atoms with Gasteiger partial charge in [0.2, 0.25) is 0 Å². The Morgan fingerprint density at radius 1 is 1.17 bits per heavy atom. The number of carbonyl (C=O) groups is 1. The SMILES string of the molecule is O=C(NCC1CCN(CCO)CC1)Nc1cccc(-c2nc3ccccc3s2)c1. The van der Waals surface area contributed by atoms with Crippen LogP contribution >= 0.6 is 11.3 Å². The van der Waals surface area contributed by atoms with Crippen LogP contribution in [0.15, 0.2) is 48.5 Å². The molecule has 0 radical (unpaired) electrons. The standard InChI is InChI=1S/C22H26N4O2S/c27-13-12-26-10-8-16(9-11-26)15-23-22(28)24-18-5-3-4-17(14-18)21-25-19-6-1-2-7-20(19)29-21/h1-7,14,16,27H,8-13,15H2,(H2,23,24,28). The van der Waals surface area contributed by atoms with Gasteiger partial charge in [0.1, 0.15) is 5.01 Å². The van der Waals surface area contributed by atoms with E-state index < -0.39 is 0 Å². The molecule has 1 fully saturated rings. The van der Waals surface area contributed by atoms with Gasteiger partial charge in [0.05, 0.1) is 16.8 Å². The molecule has 29 heavy (non-hydrogen) atoms. The molecule has 0 aliphatic carbocycles. The molecule has 152 valence electrons. The van der Waals surface area contributed by atoms with Crippen molar-refractivity contribution < 1.29 is 9.90 Å². The lowest BCUT2D eigenvalue weighted by Crippen LogP contribution is -2.40. The third-order valence-electron chi connectivity index (χ3n) is 5.34. The quantitative estimate of drug-likeness (QED) is 0.578. The van der Waals surface area contributed by atoms with Gasteiger partial charge in [0.15, 0.2) is 0 Å². The summed E-state index contributed by atoms with van der Waals surface area (Å²) in [6.45, 7) is 3.60. The maximum absolute atomic E-state index is 12.3. The van der Waals surface area contributed by atoms with Crippen LogP contribution in [-0.2, 0) is 0 Å². The van der Waals surface area contributed by atoms with Crippen molar-refractivity contribution in [2.24, 2.45) is 5.92 Å². The molecule has 1 aliphatic rings. The third-order valence-corrected chi connectivity index (χ3v) is 6.42. The lowest BCUT2D eigenvalue weighted by molar-refractivity contribution is 0.147. The lowest BCUT2D eigenvalue weighted by Gasteiger charge is -2.31. The fourth-order valence-corrected chi connectivity index (χ4v) is 4.66. The molecular weight excluding hydrogens is 384 g/mol. The van der Waals surface area contributed by atoms with E-state index in [-0.39, 0.29) is 12.6 Å². The van der Waals surface area contributed by atoms with E-state index in [0.29, 0.717) is 12.5 Å². The Hall–Kier alpha value is -2.48. The predicted molar refractivity (Wildman–Crippen MR) is 118 cm³/mol. The van der Waals surface area contributed by atoms with Gasteiger partial charge in [-0.05, 0) is 56.1 Å². The maximum Gasteiger partial charge on any atom is 0.319 e. The molecule has 0 spiro atoms. The summed E-state index contributed by atoms with van der Waals surface area (Å²) in [7, 11) is 0. The number of para-hydroxylation sites is 1. The second-order valence-electron chi connectivity index (χ2n) is 7.41. The normalized spacial score (nSPS) is 15.5. The predicted octanol–water partition coefficient (Wildman–Crippen LogP) is 3.79. The first-order valence-corrected chi connectivity index (χ1v) is 10.9. The lowest BCUT2D eigenvalue weighted by atomic mass is 9.97. The average molecular weight is 411 g/mol. The number of nitrogens with one attached hydrogen (secondary N) is 2. The number of likely N-dealkylation sites (tertiary alicyclic amines) is 1. The minimum atomic E-state index is -0.177. The minimum Gasteiger partial charge on any atom is -0.395 e. The highest BCUT2D eigenvalue weighted by molar-refractivity contribution is 7.21. The highest BCUT2D eigenvalue weighted by Gasteiger charge is 2.19. The Labute approximate surface area is 174 Å². The molecule has 4 rings (SSSR count). The number of anilines is 1. The van der Waals surface area contributed by atoms with E-state index in [2.05, 4.69) is 21.6 Å². The van der Waals surface area contributed by atoms with Gasteiger partial charge in [-0.1, -0.05) is 24.3 Å². The van der Waals surface area contributed by atoms with Crippen molar-refractivity contribution in [3.05, 3.63) is 48.5 Å². The van der Waals surface area contributed by atoms with Crippen molar-refractivity contribution in [1.29, 1.82) is 0 Å². The van der Waals surface area contributed by atoms with Crippen molar-refractivity contribution >= 4 is 33.3 Å². The summed E-state index contributed by atoms with van der Waals surface area (Å²) < 4.78 is 1.16. The molecule has 2 heterocycles. The van der Waals surface area contributed by atoms with E-state index in [0.717, 1.165) is 59.0 Å². The summed E-state index contributed by atoms with van der Waals surface area (Å²) in [5.41, 5.74) is 2.76. The number of carbonyl (C=O) groups excluding carboxylic acids is 1. The van der Waals surface area contributed by atoms with Crippen LogP contribution in [-0.4, -0.2) is 53.8 Å².